The molecule has 2 bridgehead atoms. The molecule has 0 aromatic rings. The number of carbonyl (C=O) groups excluding carboxylic acids is 1. The number of aliphatic hydroxyl groups excluding tert-OH is 1. The molecule has 2 aliphatic heterocycles. The molecular weight excluding hydrogens is 180 g/mol. The zero-order chi connectivity index (χ0) is 10.7. The fourth-order valence-corrected chi connectivity index (χ4v) is 2.36. The lowest BCUT2D eigenvalue weighted by atomic mass is 9.63. The minimum absolute atomic E-state index is 0.0152. The molecule has 0 spiro atoms. The average Bonchev–Trinajstić information content (AvgIpc) is 1.98. The topological polar surface area (TPSA) is 46.5 Å². The van der Waals surface area contributed by atoms with E-state index in [1.165, 1.54) is 0 Å². The highest BCUT2D eigenvalue weighted by molar-refractivity contribution is 6.01. The molecule has 1 fully saturated rings. The number of fused-ring (bicyclic) bond motifs is 1. The second-order valence-electron chi connectivity index (χ2n) is 5.10. The lowest BCUT2D eigenvalue weighted by Crippen LogP contribution is -2.71. The van der Waals surface area contributed by atoms with E-state index in [0.717, 1.165) is 0 Å². The van der Waals surface area contributed by atoms with Gasteiger partial charge < -0.3 is 9.84 Å². The largest absolute Gasteiger partial charge is 0.509 e. The second-order valence-corrected chi connectivity index (χ2v) is 5.10. The number of carbonyl (C=O) groups is 1. The molecule has 0 aromatic carbocycles. The highest BCUT2D eigenvalue weighted by atomic mass is 16.6. The van der Waals surface area contributed by atoms with Crippen LogP contribution in [0.2, 0.25) is 0 Å². The van der Waals surface area contributed by atoms with Gasteiger partial charge in [0.1, 0.15) is 11.9 Å². The molecule has 0 aromatic heterocycles. The van der Waals surface area contributed by atoms with Crippen LogP contribution in [0.1, 0.15) is 27.7 Å². The van der Waals surface area contributed by atoms with Crippen LogP contribution < -0.4 is 0 Å². The van der Waals surface area contributed by atoms with Crippen molar-refractivity contribution in [1.29, 1.82) is 0 Å². The number of hydrogen-bond donors (Lipinski definition) is 1. The maximum absolute atomic E-state index is 11.9. The fourth-order valence-electron chi connectivity index (χ4n) is 2.36. The van der Waals surface area contributed by atoms with Crippen LogP contribution in [0.4, 0.5) is 0 Å². The molecule has 0 radical (unpaired) electrons. The van der Waals surface area contributed by atoms with Crippen LogP contribution >= 0.6 is 0 Å². The van der Waals surface area contributed by atoms with E-state index in [1.54, 1.807) is 6.08 Å². The number of hydrogen-bond acceptors (Lipinski definition) is 3. The Labute approximate surface area is 83.8 Å². The molecule has 3 aliphatic rings. The molecule has 3 rings (SSSR count). The summed E-state index contributed by atoms with van der Waals surface area (Å²) in [6, 6.07) is 0. The molecule has 2 heterocycles. The first-order valence-electron chi connectivity index (χ1n) is 4.97. The third-order valence-corrected chi connectivity index (χ3v) is 3.29. The van der Waals surface area contributed by atoms with Crippen molar-refractivity contribution >= 4 is 5.78 Å². The molecule has 1 N–H and O–H groups in total. The van der Waals surface area contributed by atoms with Gasteiger partial charge in [0.15, 0.2) is 5.60 Å². The molecule has 2 atom stereocenters. The lowest BCUT2D eigenvalue weighted by Gasteiger charge is -2.56. The number of ether oxygens (including phenoxy) is 1. The van der Waals surface area contributed by atoms with E-state index in [2.05, 4.69) is 0 Å². The lowest BCUT2D eigenvalue weighted by molar-refractivity contribution is -0.232. The van der Waals surface area contributed by atoms with Gasteiger partial charge in [-0.25, -0.2) is 0 Å². The van der Waals surface area contributed by atoms with E-state index < -0.39 is 5.60 Å². The number of Topliss-reactive ketones (excluding diaryl/α,β-unsaturated/α-hetero) is 1. The summed E-state index contributed by atoms with van der Waals surface area (Å²) in [5.41, 5.74) is -1.40. The summed E-state index contributed by atoms with van der Waals surface area (Å²) in [5, 5.41) is 9.86. The van der Waals surface area contributed by atoms with Crippen LogP contribution in [0.5, 0.6) is 0 Å². The summed E-state index contributed by atoms with van der Waals surface area (Å²) in [4.78, 5) is 11.9. The maximum atomic E-state index is 11.9. The Kier molecular flexibility index (Phi) is 1.66. The highest BCUT2D eigenvalue weighted by Crippen LogP contribution is 2.52. The molecule has 0 saturated carbocycles. The summed E-state index contributed by atoms with van der Waals surface area (Å²) >= 11 is 0. The van der Waals surface area contributed by atoms with Crippen LogP contribution in [0.25, 0.3) is 0 Å². The second kappa shape index (κ2) is 2.40. The monoisotopic (exact) mass is 196 g/mol. The summed E-state index contributed by atoms with van der Waals surface area (Å²) in [6.07, 6.45) is 1.38. The van der Waals surface area contributed by atoms with Gasteiger partial charge in [-0.05, 0) is 12.0 Å². The van der Waals surface area contributed by atoms with E-state index >= 15 is 0 Å². The predicted octanol–water partition coefficient (Wildman–Crippen LogP) is 1.83. The van der Waals surface area contributed by atoms with Gasteiger partial charge in [-0.2, -0.15) is 0 Å². The first-order valence-corrected chi connectivity index (χ1v) is 4.97. The number of ketones is 1. The first kappa shape index (κ1) is 9.71. The smallest absolute Gasteiger partial charge is 0.202 e. The van der Waals surface area contributed by atoms with Crippen molar-refractivity contribution in [3.63, 3.8) is 0 Å². The van der Waals surface area contributed by atoms with Gasteiger partial charge in [0, 0.05) is 5.41 Å². The Hall–Kier alpha value is -0.830. The molecule has 0 amide bonds. The van der Waals surface area contributed by atoms with Crippen LogP contribution in [-0.4, -0.2) is 22.6 Å². The third-order valence-electron chi connectivity index (χ3n) is 3.29. The molecule has 14 heavy (non-hydrogen) atoms. The SMILES string of the molecule is CC(C)C12OC(C1=O)C(C)(C)C=C2O. The van der Waals surface area contributed by atoms with Gasteiger partial charge in [-0.3, -0.25) is 4.79 Å². The molecule has 1 saturated heterocycles. The average molecular weight is 196 g/mol. The summed E-state index contributed by atoms with van der Waals surface area (Å²) in [7, 11) is 0. The van der Waals surface area contributed by atoms with Gasteiger partial charge in [0.2, 0.25) is 5.78 Å². The van der Waals surface area contributed by atoms with Crippen molar-refractivity contribution in [2.24, 2.45) is 11.3 Å². The van der Waals surface area contributed by atoms with Crippen molar-refractivity contribution in [3.8, 4) is 0 Å². The summed E-state index contributed by atoms with van der Waals surface area (Å²) < 4.78 is 5.60. The molecule has 78 valence electrons. The Bertz CT molecular complexity index is 327. The van der Waals surface area contributed by atoms with Crippen molar-refractivity contribution in [1.82, 2.24) is 0 Å². The van der Waals surface area contributed by atoms with Gasteiger partial charge >= 0.3 is 0 Å². The van der Waals surface area contributed by atoms with Crippen LogP contribution in [-0.2, 0) is 9.53 Å². The normalized spacial score (nSPS) is 39.4. The van der Waals surface area contributed by atoms with Gasteiger partial charge in [-0.15, -0.1) is 0 Å². The van der Waals surface area contributed by atoms with E-state index in [1.807, 2.05) is 27.7 Å². The minimum atomic E-state index is -1.03. The van der Waals surface area contributed by atoms with Gasteiger partial charge in [-0.1, -0.05) is 27.7 Å². The molecular formula is C11H16O3. The molecule has 1 aliphatic carbocycles. The third kappa shape index (κ3) is 0.836. The van der Waals surface area contributed by atoms with Crippen molar-refractivity contribution in [2.75, 3.05) is 0 Å². The van der Waals surface area contributed by atoms with E-state index in [9.17, 15) is 9.90 Å². The summed E-state index contributed by atoms with van der Waals surface area (Å²) in [6.45, 7) is 7.57. The fraction of sp³-hybridized carbons (Fsp3) is 0.727. The van der Waals surface area contributed by atoms with Gasteiger partial charge in [0.25, 0.3) is 0 Å². The van der Waals surface area contributed by atoms with Gasteiger partial charge in [0.05, 0.1) is 0 Å². The summed E-state index contributed by atoms with van der Waals surface area (Å²) in [5.74, 6) is 0.0982. The maximum Gasteiger partial charge on any atom is 0.202 e. The Morgan fingerprint density at radius 3 is 2.43 bits per heavy atom. The first-order chi connectivity index (χ1) is 6.32. The van der Waals surface area contributed by atoms with E-state index in [4.69, 9.17) is 4.74 Å². The molecule has 3 nitrogen and oxygen atoms in total. The van der Waals surface area contributed by atoms with Crippen LogP contribution in [0, 0.1) is 11.3 Å². The zero-order valence-corrected chi connectivity index (χ0v) is 9.00. The predicted molar refractivity (Wildman–Crippen MR) is 51.9 cm³/mol. The minimum Gasteiger partial charge on any atom is -0.509 e. The van der Waals surface area contributed by atoms with Crippen LogP contribution in [0.3, 0.4) is 0 Å². The standard InChI is InChI=1S/C11H16O3/c1-6(2)11-7(12)5-10(3,4)9(14-11)8(11)13/h5-6,9,12H,1-4H3. The quantitative estimate of drug-likeness (QED) is 0.696. The zero-order valence-electron chi connectivity index (χ0n) is 9.00. The number of aliphatic hydroxyl groups is 1. The number of rotatable bonds is 1. The van der Waals surface area contributed by atoms with Crippen molar-refractivity contribution in [3.05, 3.63) is 11.8 Å². The Balaban J connectivity index is 2.49. The van der Waals surface area contributed by atoms with Crippen molar-refractivity contribution in [2.45, 2.75) is 39.4 Å². The van der Waals surface area contributed by atoms with Crippen molar-refractivity contribution < 1.29 is 14.6 Å². The Morgan fingerprint density at radius 1 is 1.50 bits per heavy atom. The molecule has 2 unspecified atom stereocenters. The van der Waals surface area contributed by atoms with Crippen LogP contribution in [0.15, 0.2) is 11.8 Å². The molecule has 3 heteroatoms. The van der Waals surface area contributed by atoms with E-state index in [0.29, 0.717) is 0 Å². The Morgan fingerprint density at radius 2 is 2.07 bits per heavy atom. The van der Waals surface area contributed by atoms with E-state index in [-0.39, 0.29) is 29.0 Å². The highest BCUT2D eigenvalue weighted by Gasteiger charge is 2.66.